The summed E-state index contributed by atoms with van der Waals surface area (Å²) in [5.74, 6) is -0.190. The molecule has 2 nitrogen and oxygen atoms in total. The van der Waals surface area contributed by atoms with Crippen molar-refractivity contribution in [3.05, 3.63) is 133 Å². The zero-order valence-corrected chi connectivity index (χ0v) is 22.9. The summed E-state index contributed by atoms with van der Waals surface area (Å²) in [7, 11) is 0. The van der Waals surface area contributed by atoms with E-state index in [0.717, 1.165) is 26.5 Å². The van der Waals surface area contributed by atoms with Gasteiger partial charge in [0, 0.05) is 27.9 Å². The molecule has 4 aromatic carbocycles. The van der Waals surface area contributed by atoms with E-state index in [1.54, 1.807) is 18.2 Å². The number of rotatable bonds is 3. The standard InChI is InChI=1S/C13H10Cl2.C8H7Cl2NO.C6H5Br/c14-12-7-4-8-13(15)11(12)9-10-5-2-1-3-6-10;1-5(12)11-8-6(9)3-2-4-7(8)10;7-6-4-2-1-3-5-6/h1-8H,9H2;2-4H,1H3,(H,11,12);1-5H. The van der Waals surface area contributed by atoms with Crippen molar-refractivity contribution in [1.29, 1.82) is 0 Å². The van der Waals surface area contributed by atoms with E-state index in [4.69, 9.17) is 46.4 Å². The average Bonchev–Trinajstić information content (AvgIpc) is 2.81. The maximum absolute atomic E-state index is 10.7. The summed E-state index contributed by atoms with van der Waals surface area (Å²) in [6, 6.07) is 30.8. The fourth-order valence-electron chi connectivity index (χ4n) is 2.71. The second kappa shape index (κ2) is 15.1. The van der Waals surface area contributed by atoms with Gasteiger partial charge in [0.2, 0.25) is 5.91 Å². The monoisotopic (exact) mass is 595 g/mol. The summed E-state index contributed by atoms with van der Waals surface area (Å²) in [5, 5.41) is 4.88. The van der Waals surface area contributed by atoms with Crippen LogP contribution in [0.5, 0.6) is 0 Å². The van der Waals surface area contributed by atoms with E-state index in [0.29, 0.717) is 15.7 Å². The van der Waals surface area contributed by atoms with E-state index in [2.05, 4.69) is 33.4 Å². The Bertz CT molecular complexity index is 1150. The molecule has 0 unspecified atom stereocenters. The van der Waals surface area contributed by atoms with Gasteiger partial charge in [-0.05, 0) is 47.5 Å². The topological polar surface area (TPSA) is 29.1 Å². The summed E-state index contributed by atoms with van der Waals surface area (Å²) < 4.78 is 1.13. The molecule has 0 bridgehead atoms. The number of hydrogen-bond acceptors (Lipinski definition) is 1. The van der Waals surface area contributed by atoms with Crippen LogP contribution in [0.3, 0.4) is 0 Å². The molecule has 7 heteroatoms. The summed E-state index contributed by atoms with van der Waals surface area (Å²) in [4.78, 5) is 10.7. The highest BCUT2D eigenvalue weighted by molar-refractivity contribution is 9.10. The van der Waals surface area contributed by atoms with Crippen molar-refractivity contribution in [2.24, 2.45) is 0 Å². The summed E-state index contributed by atoms with van der Waals surface area (Å²) in [6.45, 7) is 1.40. The molecular weight excluding hydrogens is 576 g/mol. The average molecular weight is 598 g/mol. The third-order valence-electron chi connectivity index (χ3n) is 4.28. The second-order valence-electron chi connectivity index (χ2n) is 6.94. The number of para-hydroxylation sites is 1. The van der Waals surface area contributed by atoms with Crippen LogP contribution >= 0.6 is 62.3 Å². The number of hydrogen-bond donors (Lipinski definition) is 1. The number of carbonyl (C=O) groups is 1. The van der Waals surface area contributed by atoms with Crippen molar-refractivity contribution >= 4 is 73.9 Å². The van der Waals surface area contributed by atoms with Gasteiger partial charge in [0.25, 0.3) is 0 Å². The van der Waals surface area contributed by atoms with Crippen LogP contribution in [0.1, 0.15) is 18.1 Å². The molecule has 0 fully saturated rings. The Balaban J connectivity index is 0.000000192. The number of nitrogens with one attached hydrogen (secondary N) is 1. The minimum absolute atomic E-state index is 0.190. The minimum atomic E-state index is -0.190. The van der Waals surface area contributed by atoms with Gasteiger partial charge in [0.15, 0.2) is 0 Å². The Morgan fingerprint density at radius 2 is 1.12 bits per heavy atom. The van der Waals surface area contributed by atoms with E-state index in [1.165, 1.54) is 12.5 Å². The third-order valence-corrected chi connectivity index (χ3v) is 6.15. The lowest BCUT2D eigenvalue weighted by atomic mass is 10.1. The molecule has 0 radical (unpaired) electrons. The largest absolute Gasteiger partial charge is 0.324 e. The third kappa shape index (κ3) is 10.1. The van der Waals surface area contributed by atoms with Gasteiger partial charge in [-0.25, -0.2) is 0 Å². The molecule has 0 atom stereocenters. The van der Waals surface area contributed by atoms with Gasteiger partial charge in [-0.1, -0.05) is 123 Å². The number of halogens is 5. The van der Waals surface area contributed by atoms with Crippen LogP contribution in [0, 0.1) is 0 Å². The minimum Gasteiger partial charge on any atom is -0.324 e. The molecule has 0 saturated carbocycles. The number of amides is 1. The molecule has 0 aliphatic rings. The Morgan fingerprint density at radius 3 is 1.53 bits per heavy atom. The lowest BCUT2D eigenvalue weighted by Crippen LogP contribution is -2.06. The van der Waals surface area contributed by atoms with E-state index in [-0.39, 0.29) is 5.91 Å². The predicted octanol–water partition coefficient (Wildman–Crippen LogP) is 9.99. The molecule has 0 heterocycles. The van der Waals surface area contributed by atoms with Crippen molar-refractivity contribution < 1.29 is 4.79 Å². The van der Waals surface area contributed by atoms with Crippen LogP contribution < -0.4 is 5.32 Å². The highest BCUT2D eigenvalue weighted by Gasteiger charge is 2.06. The smallest absolute Gasteiger partial charge is 0.221 e. The Morgan fingerprint density at radius 1 is 0.676 bits per heavy atom. The molecule has 1 N–H and O–H groups in total. The Hall–Kier alpha value is -2.01. The molecule has 4 aromatic rings. The summed E-state index contributed by atoms with van der Waals surface area (Å²) >= 11 is 27.1. The van der Waals surface area contributed by atoms with Crippen molar-refractivity contribution in [1.82, 2.24) is 0 Å². The first-order valence-corrected chi connectivity index (χ1v) is 12.5. The molecule has 0 aromatic heterocycles. The van der Waals surface area contributed by atoms with Gasteiger partial charge < -0.3 is 5.32 Å². The molecule has 0 spiro atoms. The van der Waals surface area contributed by atoms with Crippen LogP contribution in [-0.2, 0) is 11.2 Å². The van der Waals surface area contributed by atoms with Gasteiger partial charge >= 0.3 is 0 Å². The number of anilines is 1. The van der Waals surface area contributed by atoms with Crippen LogP contribution in [0.15, 0.2) is 102 Å². The molecule has 176 valence electrons. The van der Waals surface area contributed by atoms with Gasteiger partial charge in [-0.15, -0.1) is 0 Å². The first-order chi connectivity index (χ1) is 16.3. The molecule has 0 aliphatic carbocycles. The maximum Gasteiger partial charge on any atom is 0.221 e. The van der Waals surface area contributed by atoms with E-state index >= 15 is 0 Å². The first kappa shape index (κ1) is 28.2. The van der Waals surface area contributed by atoms with Crippen molar-refractivity contribution in [2.75, 3.05) is 5.32 Å². The quantitative estimate of drug-likeness (QED) is 0.250. The number of benzene rings is 4. The van der Waals surface area contributed by atoms with E-state index < -0.39 is 0 Å². The molecule has 34 heavy (non-hydrogen) atoms. The molecule has 1 amide bonds. The van der Waals surface area contributed by atoms with Crippen LogP contribution in [0.2, 0.25) is 20.1 Å². The van der Waals surface area contributed by atoms with Crippen molar-refractivity contribution in [3.63, 3.8) is 0 Å². The number of carbonyl (C=O) groups excluding carboxylic acids is 1. The fourth-order valence-corrected chi connectivity index (χ4v) is 4.04. The van der Waals surface area contributed by atoms with Gasteiger partial charge in [-0.2, -0.15) is 0 Å². The first-order valence-electron chi connectivity index (χ1n) is 10.2. The second-order valence-corrected chi connectivity index (χ2v) is 9.48. The summed E-state index contributed by atoms with van der Waals surface area (Å²) in [5.41, 5.74) is 2.67. The Kier molecular flexibility index (Phi) is 12.5. The van der Waals surface area contributed by atoms with Crippen LogP contribution in [-0.4, -0.2) is 5.91 Å². The maximum atomic E-state index is 10.7. The molecular formula is C27H22BrCl4NO. The highest BCUT2D eigenvalue weighted by atomic mass is 79.9. The van der Waals surface area contributed by atoms with E-state index in [9.17, 15) is 4.79 Å². The Labute approximate surface area is 229 Å². The fraction of sp³-hybridized carbons (Fsp3) is 0.0741. The SMILES string of the molecule is Brc1ccccc1.CC(=O)Nc1c(Cl)cccc1Cl.Clc1cccc(Cl)c1Cc1ccccc1. The summed E-state index contributed by atoms with van der Waals surface area (Å²) in [6.07, 6.45) is 0.777. The normalized spacial score (nSPS) is 9.71. The predicted molar refractivity (Wildman–Crippen MR) is 151 cm³/mol. The molecule has 4 rings (SSSR count). The van der Waals surface area contributed by atoms with Crippen LogP contribution in [0.4, 0.5) is 5.69 Å². The van der Waals surface area contributed by atoms with Gasteiger partial charge in [0.1, 0.15) is 0 Å². The zero-order chi connectivity index (χ0) is 24.9. The molecule has 0 saturated heterocycles. The van der Waals surface area contributed by atoms with Crippen molar-refractivity contribution in [3.8, 4) is 0 Å². The lowest BCUT2D eigenvalue weighted by Gasteiger charge is -2.06. The highest BCUT2D eigenvalue weighted by Crippen LogP contribution is 2.29. The van der Waals surface area contributed by atoms with Gasteiger partial charge in [-0.3, -0.25) is 4.79 Å². The van der Waals surface area contributed by atoms with Crippen molar-refractivity contribution in [2.45, 2.75) is 13.3 Å². The lowest BCUT2D eigenvalue weighted by molar-refractivity contribution is -0.114. The van der Waals surface area contributed by atoms with Gasteiger partial charge in [0.05, 0.1) is 15.7 Å². The molecule has 0 aliphatic heterocycles. The zero-order valence-electron chi connectivity index (χ0n) is 18.2. The van der Waals surface area contributed by atoms with Crippen LogP contribution in [0.25, 0.3) is 0 Å². The van der Waals surface area contributed by atoms with E-state index in [1.807, 2.05) is 66.7 Å².